The zero-order valence-electron chi connectivity index (χ0n) is 20.5. The van der Waals surface area contributed by atoms with Crippen LogP contribution in [0.3, 0.4) is 0 Å². The van der Waals surface area contributed by atoms with Crippen LogP contribution in [0.4, 0.5) is 0 Å². The molecule has 5 rings (SSSR count). The van der Waals surface area contributed by atoms with Crippen molar-refractivity contribution in [3.8, 4) is 5.75 Å². The topological polar surface area (TPSA) is 69.9 Å². The molecular weight excluding hydrogens is 543 g/mol. The summed E-state index contributed by atoms with van der Waals surface area (Å²) >= 11 is 13.5. The first-order valence-corrected chi connectivity index (χ1v) is 13.3. The molecule has 0 amide bonds. The largest absolute Gasteiger partial charge is 0.489 e. The number of hydrogen-bond acceptors (Lipinski definition) is 6. The number of thiazole rings is 1. The molecule has 1 aliphatic heterocycles. The first-order valence-electron chi connectivity index (χ1n) is 11.7. The minimum atomic E-state index is -0.627. The maximum Gasteiger partial charge on any atom is 0.338 e. The van der Waals surface area contributed by atoms with Crippen LogP contribution in [0.15, 0.2) is 93.9 Å². The van der Waals surface area contributed by atoms with E-state index in [9.17, 15) is 9.59 Å². The number of carbonyl (C=O) groups is 1. The monoisotopic (exact) mass is 564 g/mol. The van der Waals surface area contributed by atoms with E-state index in [2.05, 4.69) is 4.99 Å². The average Bonchev–Trinajstić information content (AvgIpc) is 3.22. The Morgan fingerprint density at radius 2 is 1.82 bits per heavy atom. The Bertz CT molecular complexity index is 1730. The third kappa shape index (κ3) is 5.18. The summed E-state index contributed by atoms with van der Waals surface area (Å²) in [6.45, 7) is 2.06. The standard InChI is InChI=1S/C29H22Cl2N2O4S/c1-17-25(28(35)36-2)26(19-6-4-3-5-7-19)33-27(34)24(38-29(33)32-17)14-18-8-12-22(13-9-18)37-16-20-10-11-21(30)15-23(20)31/h3-15,26H,16H2,1-2H3/b24-14-/t26-/m0/s1. The maximum absolute atomic E-state index is 13.6. The van der Waals surface area contributed by atoms with Gasteiger partial charge < -0.3 is 9.47 Å². The smallest absolute Gasteiger partial charge is 0.338 e. The van der Waals surface area contributed by atoms with Gasteiger partial charge in [-0.05, 0) is 48.4 Å². The number of benzene rings is 3. The summed E-state index contributed by atoms with van der Waals surface area (Å²) in [5.41, 5.74) is 3.11. The van der Waals surface area contributed by atoms with Crippen LogP contribution in [0, 0.1) is 0 Å². The molecular formula is C29H22Cl2N2O4S. The number of carbonyl (C=O) groups excluding carboxylic acids is 1. The molecule has 0 saturated heterocycles. The molecule has 0 spiro atoms. The van der Waals surface area contributed by atoms with E-state index >= 15 is 0 Å². The molecule has 38 heavy (non-hydrogen) atoms. The third-order valence-corrected chi connectivity index (χ3v) is 7.70. The van der Waals surface area contributed by atoms with E-state index in [1.807, 2.05) is 66.7 Å². The first-order chi connectivity index (χ1) is 18.4. The van der Waals surface area contributed by atoms with Gasteiger partial charge in [-0.2, -0.15) is 0 Å². The number of ether oxygens (including phenoxy) is 2. The number of allylic oxidation sites excluding steroid dienone is 1. The molecule has 1 atom stereocenters. The van der Waals surface area contributed by atoms with Crippen LogP contribution in [-0.2, 0) is 16.1 Å². The molecule has 0 N–H and O–H groups in total. The fraction of sp³-hybridized carbons (Fsp3) is 0.138. The lowest BCUT2D eigenvalue weighted by Crippen LogP contribution is -2.39. The zero-order chi connectivity index (χ0) is 26.8. The number of fused-ring (bicyclic) bond motifs is 1. The SMILES string of the molecule is COC(=O)C1=C(C)N=c2s/c(=C\c3ccc(OCc4ccc(Cl)cc4Cl)cc3)c(=O)n2[C@H]1c1ccccc1. The van der Waals surface area contributed by atoms with Gasteiger partial charge in [0.05, 0.1) is 29.0 Å². The number of halogens is 2. The zero-order valence-corrected chi connectivity index (χ0v) is 22.8. The fourth-order valence-electron chi connectivity index (χ4n) is 4.25. The number of hydrogen-bond donors (Lipinski definition) is 0. The van der Waals surface area contributed by atoms with Gasteiger partial charge in [0.15, 0.2) is 4.80 Å². The summed E-state index contributed by atoms with van der Waals surface area (Å²) in [7, 11) is 1.33. The van der Waals surface area contributed by atoms with E-state index in [1.54, 1.807) is 23.6 Å². The number of methoxy groups -OCH3 is 1. The summed E-state index contributed by atoms with van der Waals surface area (Å²) < 4.78 is 13.0. The maximum atomic E-state index is 13.6. The molecule has 0 unspecified atom stereocenters. The Labute approximate surface area is 232 Å². The van der Waals surface area contributed by atoms with Crippen LogP contribution in [0.5, 0.6) is 5.75 Å². The van der Waals surface area contributed by atoms with E-state index in [1.165, 1.54) is 18.4 Å². The Kier molecular flexibility index (Phi) is 7.51. The Balaban J connectivity index is 1.47. The lowest BCUT2D eigenvalue weighted by molar-refractivity contribution is -0.136. The molecule has 1 aromatic heterocycles. The molecule has 0 bridgehead atoms. The quantitative estimate of drug-likeness (QED) is 0.298. The molecule has 192 valence electrons. The minimum Gasteiger partial charge on any atom is -0.489 e. The highest BCUT2D eigenvalue weighted by Crippen LogP contribution is 2.30. The van der Waals surface area contributed by atoms with Crippen molar-refractivity contribution in [3.05, 3.63) is 130 Å². The molecule has 9 heteroatoms. The van der Waals surface area contributed by atoms with Crippen molar-refractivity contribution in [1.29, 1.82) is 0 Å². The van der Waals surface area contributed by atoms with Crippen molar-refractivity contribution in [2.45, 2.75) is 19.6 Å². The van der Waals surface area contributed by atoms with Crippen LogP contribution < -0.4 is 19.6 Å². The number of aromatic nitrogens is 1. The highest BCUT2D eigenvalue weighted by molar-refractivity contribution is 7.07. The fourth-order valence-corrected chi connectivity index (χ4v) is 5.76. The molecule has 0 radical (unpaired) electrons. The van der Waals surface area contributed by atoms with E-state index in [-0.39, 0.29) is 5.56 Å². The van der Waals surface area contributed by atoms with Crippen LogP contribution in [-0.4, -0.2) is 17.6 Å². The van der Waals surface area contributed by atoms with E-state index in [0.29, 0.717) is 43.0 Å². The van der Waals surface area contributed by atoms with Crippen LogP contribution in [0.1, 0.15) is 29.7 Å². The van der Waals surface area contributed by atoms with Gasteiger partial charge in [-0.15, -0.1) is 0 Å². The number of rotatable bonds is 6. The lowest BCUT2D eigenvalue weighted by Gasteiger charge is -2.24. The van der Waals surface area contributed by atoms with Gasteiger partial charge in [-0.25, -0.2) is 9.79 Å². The molecule has 0 saturated carbocycles. The Hall–Kier alpha value is -3.65. The van der Waals surface area contributed by atoms with E-state index < -0.39 is 12.0 Å². The van der Waals surface area contributed by atoms with Crippen molar-refractivity contribution in [3.63, 3.8) is 0 Å². The van der Waals surface area contributed by atoms with Gasteiger partial charge >= 0.3 is 5.97 Å². The van der Waals surface area contributed by atoms with Crippen molar-refractivity contribution in [2.24, 2.45) is 4.99 Å². The second-order valence-electron chi connectivity index (χ2n) is 8.58. The molecule has 1 aliphatic rings. The van der Waals surface area contributed by atoms with E-state index in [0.717, 1.165) is 16.7 Å². The first kappa shape index (κ1) is 26.0. The average molecular weight is 565 g/mol. The van der Waals surface area contributed by atoms with Gasteiger partial charge in [0, 0.05) is 15.6 Å². The third-order valence-electron chi connectivity index (χ3n) is 6.13. The second kappa shape index (κ2) is 11.0. The summed E-state index contributed by atoms with van der Waals surface area (Å²) in [6.07, 6.45) is 1.81. The van der Waals surface area contributed by atoms with Crippen LogP contribution >= 0.6 is 34.5 Å². The number of esters is 1. The molecule has 4 aromatic rings. The van der Waals surface area contributed by atoms with Gasteiger partial charge in [0.25, 0.3) is 5.56 Å². The molecule has 0 aliphatic carbocycles. The van der Waals surface area contributed by atoms with Crippen LogP contribution in [0.25, 0.3) is 6.08 Å². The van der Waals surface area contributed by atoms with E-state index in [4.69, 9.17) is 32.7 Å². The predicted octanol–water partition coefficient (Wildman–Crippen LogP) is 5.29. The minimum absolute atomic E-state index is 0.228. The van der Waals surface area contributed by atoms with Crippen LogP contribution in [0.2, 0.25) is 10.0 Å². The second-order valence-corrected chi connectivity index (χ2v) is 10.4. The number of nitrogens with zero attached hydrogens (tertiary/aromatic N) is 2. The van der Waals surface area contributed by atoms with Gasteiger partial charge in [0.2, 0.25) is 0 Å². The molecule has 0 fully saturated rings. The molecule has 3 aromatic carbocycles. The normalized spacial score (nSPS) is 15.2. The van der Waals surface area contributed by atoms with Crippen molar-refractivity contribution in [2.75, 3.05) is 7.11 Å². The molecule has 2 heterocycles. The summed E-state index contributed by atoms with van der Waals surface area (Å²) in [5.74, 6) is 0.155. The summed E-state index contributed by atoms with van der Waals surface area (Å²) in [5, 5.41) is 1.11. The van der Waals surface area contributed by atoms with Gasteiger partial charge in [0.1, 0.15) is 12.4 Å². The predicted molar refractivity (Wildman–Crippen MR) is 149 cm³/mol. The Morgan fingerprint density at radius 3 is 2.50 bits per heavy atom. The van der Waals surface area contributed by atoms with Crippen molar-refractivity contribution < 1.29 is 14.3 Å². The highest BCUT2D eigenvalue weighted by atomic mass is 35.5. The van der Waals surface area contributed by atoms with Crippen molar-refractivity contribution in [1.82, 2.24) is 4.57 Å². The van der Waals surface area contributed by atoms with Gasteiger partial charge in [-0.3, -0.25) is 9.36 Å². The lowest BCUT2D eigenvalue weighted by atomic mass is 9.96. The van der Waals surface area contributed by atoms with Crippen molar-refractivity contribution >= 4 is 46.6 Å². The van der Waals surface area contributed by atoms with Gasteiger partial charge in [-0.1, -0.05) is 83.1 Å². The molecule has 6 nitrogen and oxygen atoms in total. The summed E-state index contributed by atoms with van der Waals surface area (Å²) in [4.78, 5) is 31.4. The highest BCUT2D eigenvalue weighted by Gasteiger charge is 2.32. The summed E-state index contributed by atoms with van der Waals surface area (Å²) in [6, 6.07) is 21.5. The Morgan fingerprint density at radius 1 is 1.08 bits per heavy atom.